The van der Waals surface area contributed by atoms with Crippen molar-refractivity contribution in [3.8, 4) is 0 Å². The van der Waals surface area contributed by atoms with Crippen LogP contribution in [-0.2, 0) is 24.2 Å². The van der Waals surface area contributed by atoms with Crippen molar-refractivity contribution in [3.63, 3.8) is 0 Å². The van der Waals surface area contributed by atoms with Crippen molar-refractivity contribution in [2.24, 2.45) is 5.18 Å². The minimum absolute atomic E-state index is 0.0710. The van der Waals surface area contributed by atoms with E-state index in [1.807, 2.05) is 10.9 Å². The molecule has 1 spiro atoms. The molecule has 3 heterocycles. The highest BCUT2D eigenvalue weighted by atomic mass is 19.2. The Morgan fingerprint density at radius 1 is 1.15 bits per heavy atom. The van der Waals surface area contributed by atoms with Gasteiger partial charge in [-0.3, -0.25) is 19.3 Å². The molecule has 218 valence electrons. The van der Waals surface area contributed by atoms with E-state index in [2.05, 4.69) is 22.1 Å². The van der Waals surface area contributed by atoms with Crippen LogP contribution in [0.15, 0.2) is 59.2 Å². The van der Waals surface area contributed by atoms with Crippen LogP contribution in [0.2, 0.25) is 0 Å². The van der Waals surface area contributed by atoms with Gasteiger partial charge in [-0.25, -0.2) is 18.0 Å². The molecular weight excluding hydrogens is 539 g/mol. The van der Waals surface area contributed by atoms with E-state index in [-0.39, 0.29) is 17.6 Å². The molecule has 0 saturated carbocycles. The van der Waals surface area contributed by atoms with E-state index >= 15 is 0 Å². The lowest BCUT2D eigenvalue weighted by Gasteiger charge is -2.37. The predicted octanol–water partition coefficient (Wildman–Crippen LogP) is 5.59. The Morgan fingerprint density at radius 3 is 2.54 bits per heavy atom. The van der Waals surface area contributed by atoms with Crippen LogP contribution in [0.5, 0.6) is 0 Å². The van der Waals surface area contributed by atoms with Gasteiger partial charge in [0.1, 0.15) is 11.4 Å². The number of hydrogen-bond acceptors (Lipinski definition) is 6. The molecule has 2 atom stereocenters. The molecule has 0 bridgehead atoms. The summed E-state index contributed by atoms with van der Waals surface area (Å²) in [5, 5.41) is 7.06. The van der Waals surface area contributed by atoms with E-state index in [1.165, 1.54) is 17.0 Å². The number of nitrogens with zero attached hydrogens (tertiary/aromatic N) is 5. The molecule has 2 aliphatic heterocycles. The van der Waals surface area contributed by atoms with Gasteiger partial charge in [-0.05, 0) is 48.4 Å². The predicted molar refractivity (Wildman–Crippen MR) is 146 cm³/mol. The van der Waals surface area contributed by atoms with Crippen LogP contribution in [0.1, 0.15) is 54.2 Å². The summed E-state index contributed by atoms with van der Waals surface area (Å²) in [4.78, 5) is 38.5. The van der Waals surface area contributed by atoms with Crippen LogP contribution in [-0.4, -0.2) is 64.3 Å². The Balaban J connectivity index is 1.24. The van der Waals surface area contributed by atoms with Gasteiger partial charge in [0.25, 0.3) is 0 Å². The number of carbonyl (C=O) groups excluding carboxylic acids is 2. The number of ether oxygens (including phenoxy) is 1. The lowest BCUT2D eigenvalue weighted by atomic mass is 9.91. The fourth-order valence-electron chi connectivity index (χ4n) is 5.52. The monoisotopic (exact) mass is 571 g/mol. The zero-order chi connectivity index (χ0) is 29.1. The van der Waals surface area contributed by atoms with Gasteiger partial charge in [0, 0.05) is 73.6 Å². The van der Waals surface area contributed by atoms with Crippen LogP contribution in [0.3, 0.4) is 0 Å². The van der Waals surface area contributed by atoms with Crippen LogP contribution in [0, 0.1) is 4.91 Å². The first-order valence-corrected chi connectivity index (χ1v) is 13.8. The molecule has 1 aliphatic carbocycles. The number of likely N-dealkylation sites (tertiary alicyclic amines) is 1. The number of anilines is 1. The minimum atomic E-state index is -1.98. The number of unbranched alkanes of at least 4 members (excludes halogenated alkanes) is 1. The Hall–Kier alpha value is -3.80. The summed E-state index contributed by atoms with van der Waals surface area (Å²) in [7, 11) is 0. The molecule has 0 radical (unpaired) electrons. The van der Waals surface area contributed by atoms with Crippen LogP contribution < -0.4 is 4.90 Å². The molecule has 2 amide bonds. The van der Waals surface area contributed by atoms with Crippen LogP contribution in [0.4, 0.5) is 23.7 Å². The molecule has 12 heteroatoms. The highest BCUT2D eigenvalue weighted by molar-refractivity contribution is 5.96. The van der Waals surface area contributed by atoms with Gasteiger partial charge in [-0.15, -0.1) is 4.91 Å². The van der Waals surface area contributed by atoms with Gasteiger partial charge >= 0.3 is 12.0 Å². The van der Waals surface area contributed by atoms with Crippen molar-refractivity contribution >= 4 is 17.7 Å². The molecule has 2 saturated heterocycles. The molecule has 0 N–H and O–H groups in total. The topological polar surface area (TPSA) is 97.1 Å². The summed E-state index contributed by atoms with van der Waals surface area (Å²) in [5.41, 5.74) is 1.68. The molecule has 1 aromatic carbocycles. The van der Waals surface area contributed by atoms with Gasteiger partial charge in [0.05, 0.1) is 12.2 Å². The second kappa shape index (κ2) is 12.0. The van der Waals surface area contributed by atoms with Crippen LogP contribution >= 0.6 is 0 Å². The Kier molecular flexibility index (Phi) is 8.39. The summed E-state index contributed by atoms with van der Waals surface area (Å²) in [6.07, 6.45) is 2.48. The number of piperidine rings is 1. The van der Waals surface area contributed by atoms with E-state index in [9.17, 15) is 27.7 Å². The molecule has 3 aliphatic rings. The van der Waals surface area contributed by atoms with Crippen LogP contribution in [0.25, 0.3) is 0 Å². The number of aryl methyl sites for hydroxylation is 1. The van der Waals surface area contributed by atoms with E-state index in [4.69, 9.17) is 4.74 Å². The van der Waals surface area contributed by atoms with E-state index < -0.39 is 35.8 Å². The maximum atomic E-state index is 14.4. The van der Waals surface area contributed by atoms with Crippen molar-refractivity contribution in [3.05, 3.63) is 75.7 Å². The van der Waals surface area contributed by atoms with Crippen molar-refractivity contribution in [2.45, 2.75) is 70.1 Å². The number of hydrogen-bond donors (Lipinski definition) is 0. The molecule has 5 rings (SSSR count). The summed E-state index contributed by atoms with van der Waals surface area (Å²) in [6, 6.07) is 6.08. The Bertz CT molecular complexity index is 1360. The van der Waals surface area contributed by atoms with Gasteiger partial charge in [0.2, 0.25) is 0 Å². The first kappa shape index (κ1) is 28.7. The third-order valence-corrected chi connectivity index (χ3v) is 7.94. The van der Waals surface area contributed by atoms with Gasteiger partial charge in [-0.1, -0.05) is 13.3 Å². The normalized spacial score (nSPS) is 22.4. The molecule has 41 heavy (non-hydrogen) atoms. The molecule has 2 aromatic rings. The summed E-state index contributed by atoms with van der Waals surface area (Å²) >= 11 is 0. The fraction of sp³-hybridized carbons (Fsp3) is 0.483. The SMILES string of the molecule is CCCCn1cc(CN2CCC3(CC2)CN(c2ccc(C(=O)N=O)cc2)C(=O)O3)c(CC2=CC(F)C(F)C=C2F)n1. The zero-order valence-corrected chi connectivity index (χ0v) is 22.8. The third-order valence-electron chi connectivity index (χ3n) is 7.94. The number of rotatable bonds is 9. The Morgan fingerprint density at radius 2 is 1.85 bits per heavy atom. The van der Waals surface area contributed by atoms with Crippen molar-refractivity contribution in [2.75, 3.05) is 24.5 Å². The van der Waals surface area contributed by atoms with Gasteiger partial charge in [0.15, 0.2) is 12.3 Å². The molecule has 2 fully saturated rings. The van der Waals surface area contributed by atoms with Gasteiger partial charge in [-0.2, -0.15) is 5.10 Å². The van der Waals surface area contributed by atoms with Crippen molar-refractivity contribution in [1.82, 2.24) is 14.7 Å². The molecule has 1 aromatic heterocycles. The smallest absolute Gasteiger partial charge is 0.415 e. The lowest BCUT2D eigenvalue weighted by molar-refractivity contribution is -0.00102. The first-order valence-electron chi connectivity index (χ1n) is 13.8. The average molecular weight is 572 g/mol. The number of alkyl halides is 2. The summed E-state index contributed by atoms with van der Waals surface area (Å²) < 4.78 is 49.7. The van der Waals surface area contributed by atoms with E-state index in [1.54, 1.807) is 12.1 Å². The number of amides is 2. The number of aromatic nitrogens is 2. The number of allylic oxidation sites excluding steroid dienone is 4. The third kappa shape index (κ3) is 6.27. The van der Waals surface area contributed by atoms with Crippen molar-refractivity contribution in [1.29, 1.82) is 0 Å². The highest BCUT2D eigenvalue weighted by Crippen LogP contribution is 2.36. The first-order chi connectivity index (χ1) is 19.7. The number of benzene rings is 1. The fourth-order valence-corrected chi connectivity index (χ4v) is 5.52. The second-order valence-corrected chi connectivity index (χ2v) is 10.8. The van der Waals surface area contributed by atoms with E-state index in [0.29, 0.717) is 63.0 Å². The average Bonchev–Trinajstić information content (AvgIpc) is 3.50. The highest BCUT2D eigenvalue weighted by Gasteiger charge is 2.47. The summed E-state index contributed by atoms with van der Waals surface area (Å²) in [6.45, 7) is 4.97. The number of halogens is 3. The molecule has 2 unspecified atom stereocenters. The number of nitroso groups, excluding NO2 is 1. The van der Waals surface area contributed by atoms with Crippen molar-refractivity contribution < 1.29 is 27.5 Å². The standard InChI is InChI=1S/C29H32F3N5O4/c1-2-3-10-36-17-21(26(33-36)14-20-13-24(31)25(32)15-23(20)30)16-35-11-8-29(9-12-35)18-37(28(39)41-29)22-6-4-19(5-7-22)27(38)34-40/h4-7,13,15,17,24-25H,2-3,8-12,14,16,18H2,1H3. The molecule has 9 nitrogen and oxygen atoms in total. The maximum absolute atomic E-state index is 14.4. The second-order valence-electron chi connectivity index (χ2n) is 10.8. The quantitative estimate of drug-likeness (QED) is 0.364. The minimum Gasteiger partial charge on any atom is -0.441 e. The van der Waals surface area contributed by atoms with Gasteiger partial charge < -0.3 is 4.74 Å². The van der Waals surface area contributed by atoms with E-state index in [0.717, 1.165) is 24.5 Å². The lowest BCUT2D eigenvalue weighted by Crippen LogP contribution is -2.46. The number of carbonyl (C=O) groups is 2. The Labute approximate surface area is 235 Å². The maximum Gasteiger partial charge on any atom is 0.415 e. The largest absolute Gasteiger partial charge is 0.441 e. The summed E-state index contributed by atoms with van der Waals surface area (Å²) in [5.74, 6) is -1.63. The zero-order valence-electron chi connectivity index (χ0n) is 22.8. The molecular formula is C29H32F3N5O4.